The van der Waals surface area contributed by atoms with Gasteiger partial charge in [-0.15, -0.1) is 0 Å². The molecular weight excluding hydrogens is 495 g/mol. The number of rotatable bonds is 10. The Kier molecular flexibility index (Phi) is 9.94. The Bertz CT molecular complexity index is 1160. The summed E-state index contributed by atoms with van der Waals surface area (Å²) in [5.41, 5.74) is 1.12. The molecule has 2 aromatic rings. The normalized spacial score (nSPS) is 15.4. The predicted octanol–water partition coefficient (Wildman–Crippen LogP) is 1.34. The standard InChI is InChI=1S/C26H35FN6O5/c1-5-20-18(15-38-31-20)25(36)28-16(3)24(35)30-21-8-7-17(13-19(21)27)14-22(29-23(34)6-2)26(37)33-11-9-32(4)10-12-33/h7-8,13,15-16,22H,5-6,9-12,14H2,1-4H3,(H,28,36)(H,29,34)(H,30,35)/t16-,22+/m0/s1. The number of halogens is 1. The van der Waals surface area contributed by atoms with Crippen LogP contribution in [0.4, 0.5) is 10.1 Å². The largest absolute Gasteiger partial charge is 0.364 e. The quantitative estimate of drug-likeness (QED) is 0.422. The van der Waals surface area contributed by atoms with E-state index in [1.807, 2.05) is 14.0 Å². The second-order valence-electron chi connectivity index (χ2n) is 9.33. The van der Waals surface area contributed by atoms with E-state index in [9.17, 15) is 23.6 Å². The molecule has 2 heterocycles. The number of hydrogen-bond acceptors (Lipinski definition) is 7. The van der Waals surface area contributed by atoms with Crippen molar-refractivity contribution in [3.05, 3.63) is 47.1 Å². The van der Waals surface area contributed by atoms with Gasteiger partial charge in [0.05, 0.1) is 11.4 Å². The zero-order chi connectivity index (χ0) is 27.8. The van der Waals surface area contributed by atoms with Gasteiger partial charge >= 0.3 is 0 Å². The summed E-state index contributed by atoms with van der Waals surface area (Å²) in [6.45, 7) is 7.57. The highest BCUT2D eigenvalue weighted by atomic mass is 19.1. The van der Waals surface area contributed by atoms with Crippen LogP contribution in [0.2, 0.25) is 0 Å². The van der Waals surface area contributed by atoms with E-state index in [1.165, 1.54) is 25.3 Å². The molecule has 1 saturated heterocycles. The third kappa shape index (κ3) is 7.37. The summed E-state index contributed by atoms with van der Waals surface area (Å²) in [7, 11) is 1.98. The van der Waals surface area contributed by atoms with Crippen LogP contribution in [0.5, 0.6) is 0 Å². The molecule has 4 amide bonds. The lowest BCUT2D eigenvalue weighted by Crippen LogP contribution is -2.54. The van der Waals surface area contributed by atoms with Crippen molar-refractivity contribution in [3.63, 3.8) is 0 Å². The fourth-order valence-electron chi connectivity index (χ4n) is 4.05. The van der Waals surface area contributed by atoms with Gasteiger partial charge in [0.25, 0.3) is 5.91 Å². The van der Waals surface area contributed by atoms with Gasteiger partial charge in [0.2, 0.25) is 17.7 Å². The van der Waals surface area contributed by atoms with Crippen LogP contribution in [0.15, 0.2) is 29.0 Å². The van der Waals surface area contributed by atoms with Gasteiger partial charge in [-0.1, -0.05) is 25.1 Å². The first kappa shape index (κ1) is 28.8. The van der Waals surface area contributed by atoms with Crippen molar-refractivity contribution >= 4 is 29.3 Å². The van der Waals surface area contributed by atoms with Crippen molar-refractivity contribution in [2.24, 2.45) is 0 Å². The Morgan fingerprint density at radius 1 is 1.11 bits per heavy atom. The van der Waals surface area contributed by atoms with Crippen molar-refractivity contribution in [2.45, 2.75) is 52.1 Å². The summed E-state index contributed by atoms with van der Waals surface area (Å²) in [5.74, 6) is -2.31. The number of nitrogens with one attached hydrogen (secondary N) is 3. The van der Waals surface area contributed by atoms with Gasteiger partial charge in [-0.2, -0.15) is 0 Å². The molecule has 1 aromatic heterocycles. The molecule has 0 bridgehead atoms. The number of anilines is 1. The van der Waals surface area contributed by atoms with Crippen LogP contribution in [-0.4, -0.2) is 83.9 Å². The zero-order valence-corrected chi connectivity index (χ0v) is 22.2. The molecule has 0 saturated carbocycles. The molecule has 2 atom stereocenters. The third-order valence-electron chi connectivity index (χ3n) is 6.47. The van der Waals surface area contributed by atoms with Gasteiger partial charge in [0.15, 0.2) is 0 Å². The highest BCUT2D eigenvalue weighted by molar-refractivity contribution is 6.01. The fraction of sp³-hybridized carbons (Fsp3) is 0.500. The van der Waals surface area contributed by atoms with Gasteiger partial charge in [-0.3, -0.25) is 19.2 Å². The summed E-state index contributed by atoms with van der Waals surface area (Å²) in [5, 5.41) is 11.5. The SMILES string of the molecule is CCC(=O)N[C@H](Cc1ccc(NC(=O)[C@H](C)NC(=O)c2conc2CC)c(F)c1)C(=O)N1CCN(C)CC1. The van der Waals surface area contributed by atoms with Crippen molar-refractivity contribution in [2.75, 3.05) is 38.5 Å². The molecule has 0 spiro atoms. The number of aryl methyl sites for hydroxylation is 1. The van der Waals surface area contributed by atoms with Crippen molar-refractivity contribution in [1.82, 2.24) is 25.6 Å². The smallest absolute Gasteiger partial charge is 0.257 e. The Morgan fingerprint density at radius 3 is 2.45 bits per heavy atom. The highest BCUT2D eigenvalue weighted by Gasteiger charge is 2.28. The Labute approximate surface area is 221 Å². The lowest BCUT2D eigenvalue weighted by atomic mass is 10.0. The molecule has 1 aliphatic heterocycles. The maximum Gasteiger partial charge on any atom is 0.257 e. The zero-order valence-electron chi connectivity index (χ0n) is 22.2. The Balaban J connectivity index is 1.64. The fourth-order valence-corrected chi connectivity index (χ4v) is 4.05. The van der Waals surface area contributed by atoms with Crippen molar-refractivity contribution in [1.29, 1.82) is 0 Å². The van der Waals surface area contributed by atoms with Crippen LogP contribution in [0.25, 0.3) is 0 Å². The molecule has 1 aliphatic rings. The molecule has 38 heavy (non-hydrogen) atoms. The van der Waals surface area contributed by atoms with E-state index in [0.29, 0.717) is 30.8 Å². The van der Waals surface area contributed by atoms with E-state index in [-0.39, 0.29) is 35.9 Å². The first-order chi connectivity index (χ1) is 18.1. The number of benzene rings is 1. The van der Waals surface area contributed by atoms with Crippen molar-refractivity contribution < 1.29 is 28.1 Å². The number of aromatic nitrogens is 1. The molecule has 1 fully saturated rings. The number of nitrogens with zero attached hydrogens (tertiary/aromatic N) is 3. The van der Waals surface area contributed by atoms with E-state index in [0.717, 1.165) is 13.1 Å². The monoisotopic (exact) mass is 530 g/mol. The Morgan fingerprint density at radius 2 is 1.82 bits per heavy atom. The predicted molar refractivity (Wildman–Crippen MR) is 138 cm³/mol. The number of carbonyl (C=O) groups is 4. The molecule has 206 valence electrons. The second-order valence-corrected chi connectivity index (χ2v) is 9.33. The minimum atomic E-state index is -0.962. The summed E-state index contributed by atoms with van der Waals surface area (Å²) < 4.78 is 19.7. The van der Waals surface area contributed by atoms with Crippen LogP contribution < -0.4 is 16.0 Å². The van der Waals surface area contributed by atoms with Crippen molar-refractivity contribution in [3.8, 4) is 0 Å². The van der Waals surface area contributed by atoms with Crippen LogP contribution in [0.3, 0.4) is 0 Å². The molecule has 1 aromatic carbocycles. The molecule has 0 unspecified atom stereocenters. The first-order valence-corrected chi connectivity index (χ1v) is 12.7. The average Bonchev–Trinajstić information content (AvgIpc) is 3.39. The van der Waals surface area contributed by atoms with E-state index in [1.54, 1.807) is 17.9 Å². The minimum Gasteiger partial charge on any atom is -0.364 e. The molecular formula is C26H35FN6O5. The van der Waals surface area contributed by atoms with E-state index >= 15 is 0 Å². The second kappa shape index (κ2) is 13.1. The van der Waals surface area contributed by atoms with E-state index < -0.39 is 29.7 Å². The van der Waals surface area contributed by atoms with Crippen LogP contribution >= 0.6 is 0 Å². The highest BCUT2D eigenvalue weighted by Crippen LogP contribution is 2.18. The van der Waals surface area contributed by atoms with Gasteiger partial charge in [0, 0.05) is 39.0 Å². The molecule has 11 nitrogen and oxygen atoms in total. The molecule has 0 radical (unpaired) electrons. The van der Waals surface area contributed by atoms with Crippen LogP contribution in [0.1, 0.15) is 48.8 Å². The van der Waals surface area contributed by atoms with Gasteiger partial charge in [0.1, 0.15) is 29.7 Å². The number of amides is 4. The first-order valence-electron chi connectivity index (χ1n) is 12.7. The average molecular weight is 531 g/mol. The maximum atomic E-state index is 14.9. The summed E-state index contributed by atoms with van der Waals surface area (Å²) in [6.07, 6.45) is 2.02. The number of carbonyl (C=O) groups excluding carboxylic acids is 4. The Hall–Kier alpha value is -3.80. The molecule has 3 N–H and O–H groups in total. The number of hydrogen-bond donors (Lipinski definition) is 3. The lowest BCUT2D eigenvalue weighted by Gasteiger charge is -2.34. The van der Waals surface area contributed by atoms with E-state index in [2.05, 4.69) is 26.0 Å². The van der Waals surface area contributed by atoms with Gasteiger partial charge in [-0.25, -0.2) is 4.39 Å². The topological polar surface area (TPSA) is 137 Å². The number of piperazine rings is 1. The van der Waals surface area contributed by atoms with Gasteiger partial charge in [-0.05, 0) is 38.1 Å². The maximum absolute atomic E-state index is 14.9. The van der Waals surface area contributed by atoms with Gasteiger partial charge < -0.3 is 30.3 Å². The van der Waals surface area contributed by atoms with Crippen LogP contribution in [-0.2, 0) is 27.2 Å². The molecule has 12 heteroatoms. The minimum absolute atomic E-state index is 0.0707. The lowest BCUT2D eigenvalue weighted by molar-refractivity contribution is -0.137. The summed E-state index contributed by atoms with van der Waals surface area (Å²) in [6, 6.07) is 2.43. The molecule has 3 rings (SSSR count). The summed E-state index contributed by atoms with van der Waals surface area (Å²) >= 11 is 0. The molecule has 0 aliphatic carbocycles. The third-order valence-corrected chi connectivity index (χ3v) is 6.47. The summed E-state index contributed by atoms with van der Waals surface area (Å²) in [4.78, 5) is 54.1. The van der Waals surface area contributed by atoms with E-state index in [4.69, 9.17) is 4.52 Å². The number of likely N-dealkylation sites (N-methyl/N-ethyl adjacent to an activating group) is 1. The van der Waals surface area contributed by atoms with Crippen LogP contribution in [0, 0.1) is 5.82 Å².